The van der Waals surface area contributed by atoms with E-state index in [2.05, 4.69) is 9.97 Å². The number of carboxylic acid groups (broad SMARTS) is 1. The Morgan fingerprint density at radius 1 is 1.30 bits per heavy atom. The average Bonchev–Trinajstić information content (AvgIpc) is 2.84. The molecule has 3 rings (SSSR count). The van der Waals surface area contributed by atoms with Gasteiger partial charge in [0.2, 0.25) is 0 Å². The van der Waals surface area contributed by atoms with Crippen LogP contribution in [0.1, 0.15) is 10.4 Å². The molecule has 0 aliphatic rings. The van der Waals surface area contributed by atoms with Crippen molar-refractivity contribution in [1.29, 1.82) is 0 Å². The van der Waals surface area contributed by atoms with E-state index in [9.17, 15) is 9.18 Å². The van der Waals surface area contributed by atoms with Crippen molar-refractivity contribution in [2.24, 2.45) is 0 Å². The van der Waals surface area contributed by atoms with Crippen molar-refractivity contribution >= 4 is 28.6 Å². The number of halogens is 2. The standard InChI is InChI=1S/C14H8ClFN2O2/c15-9-3-1-2-8(12(9)16)13-17-10-5-4-7(14(19)20)6-11(10)18-13/h1-6H,(H,17,18)(H,19,20). The van der Waals surface area contributed by atoms with Crippen LogP contribution in [0.2, 0.25) is 5.02 Å². The molecular weight excluding hydrogens is 283 g/mol. The van der Waals surface area contributed by atoms with E-state index >= 15 is 0 Å². The fourth-order valence-electron chi connectivity index (χ4n) is 1.96. The van der Waals surface area contributed by atoms with Crippen LogP contribution in [0, 0.1) is 5.82 Å². The molecule has 20 heavy (non-hydrogen) atoms. The third-order valence-corrected chi connectivity index (χ3v) is 3.23. The number of hydrogen-bond acceptors (Lipinski definition) is 2. The van der Waals surface area contributed by atoms with Gasteiger partial charge in [-0.2, -0.15) is 0 Å². The Bertz CT molecular complexity index is 829. The first-order valence-corrected chi connectivity index (χ1v) is 6.11. The van der Waals surface area contributed by atoms with E-state index in [1.807, 2.05) is 0 Å². The van der Waals surface area contributed by atoms with Crippen molar-refractivity contribution in [2.45, 2.75) is 0 Å². The summed E-state index contributed by atoms with van der Waals surface area (Å²) in [7, 11) is 0. The quantitative estimate of drug-likeness (QED) is 0.756. The minimum Gasteiger partial charge on any atom is -0.478 e. The van der Waals surface area contributed by atoms with Gasteiger partial charge in [0.15, 0.2) is 5.82 Å². The van der Waals surface area contributed by atoms with Gasteiger partial charge in [0, 0.05) is 0 Å². The van der Waals surface area contributed by atoms with Crippen LogP contribution < -0.4 is 0 Å². The molecule has 6 heteroatoms. The molecule has 0 radical (unpaired) electrons. The lowest BCUT2D eigenvalue weighted by Crippen LogP contribution is -1.94. The maximum absolute atomic E-state index is 13.9. The zero-order valence-electron chi connectivity index (χ0n) is 10.0. The first-order chi connectivity index (χ1) is 9.56. The van der Waals surface area contributed by atoms with Gasteiger partial charge in [0.05, 0.1) is 27.2 Å². The average molecular weight is 291 g/mol. The summed E-state index contributed by atoms with van der Waals surface area (Å²) in [6.07, 6.45) is 0. The Morgan fingerprint density at radius 2 is 2.10 bits per heavy atom. The first kappa shape index (κ1) is 12.6. The molecule has 0 spiro atoms. The molecular formula is C14H8ClFN2O2. The van der Waals surface area contributed by atoms with Crippen LogP contribution in [0.3, 0.4) is 0 Å². The highest BCUT2D eigenvalue weighted by molar-refractivity contribution is 6.31. The van der Waals surface area contributed by atoms with Gasteiger partial charge in [-0.1, -0.05) is 17.7 Å². The molecule has 0 amide bonds. The predicted octanol–water partition coefficient (Wildman–Crippen LogP) is 3.72. The van der Waals surface area contributed by atoms with E-state index in [0.717, 1.165) is 0 Å². The van der Waals surface area contributed by atoms with E-state index in [1.54, 1.807) is 18.2 Å². The molecule has 0 unspecified atom stereocenters. The molecule has 0 bridgehead atoms. The highest BCUT2D eigenvalue weighted by atomic mass is 35.5. The summed E-state index contributed by atoms with van der Waals surface area (Å²) in [5.74, 6) is -1.29. The smallest absolute Gasteiger partial charge is 0.335 e. The van der Waals surface area contributed by atoms with Gasteiger partial charge >= 0.3 is 5.97 Å². The van der Waals surface area contributed by atoms with E-state index in [0.29, 0.717) is 16.9 Å². The molecule has 2 aromatic carbocycles. The highest BCUT2D eigenvalue weighted by Gasteiger charge is 2.13. The maximum atomic E-state index is 13.9. The number of hydrogen-bond donors (Lipinski definition) is 2. The number of nitrogens with one attached hydrogen (secondary N) is 1. The molecule has 0 saturated heterocycles. The fourth-order valence-corrected chi connectivity index (χ4v) is 2.13. The molecule has 100 valence electrons. The van der Waals surface area contributed by atoms with Crippen molar-refractivity contribution in [3.05, 3.63) is 52.8 Å². The Labute approximate surface area is 117 Å². The first-order valence-electron chi connectivity index (χ1n) is 5.73. The molecule has 0 fully saturated rings. The van der Waals surface area contributed by atoms with Crippen LogP contribution in [0.25, 0.3) is 22.4 Å². The van der Waals surface area contributed by atoms with Crippen LogP contribution in [0.15, 0.2) is 36.4 Å². The monoisotopic (exact) mass is 290 g/mol. The van der Waals surface area contributed by atoms with Crippen LogP contribution in [-0.4, -0.2) is 21.0 Å². The number of fused-ring (bicyclic) bond motifs is 1. The molecule has 0 aliphatic heterocycles. The lowest BCUT2D eigenvalue weighted by Gasteiger charge is -2.00. The summed E-state index contributed by atoms with van der Waals surface area (Å²) >= 11 is 5.73. The number of aromatic nitrogens is 2. The number of imidazole rings is 1. The normalized spacial score (nSPS) is 10.9. The van der Waals surface area contributed by atoms with E-state index in [1.165, 1.54) is 18.2 Å². The summed E-state index contributed by atoms with van der Waals surface area (Å²) < 4.78 is 13.9. The third kappa shape index (κ3) is 2.02. The zero-order valence-corrected chi connectivity index (χ0v) is 10.8. The molecule has 2 N–H and O–H groups in total. The molecule has 4 nitrogen and oxygen atoms in total. The summed E-state index contributed by atoms with van der Waals surface area (Å²) in [6.45, 7) is 0. The largest absolute Gasteiger partial charge is 0.478 e. The van der Waals surface area contributed by atoms with Crippen molar-refractivity contribution < 1.29 is 14.3 Å². The van der Waals surface area contributed by atoms with Crippen LogP contribution in [-0.2, 0) is 0 Å². The Morgan fingerprint density at radius 3 is 2.85 bits per heavy atom. The summed E-state index contributed by atoms with van der Waals surface area (Å²) in [4.78, 5) is 18.0. The van der Waals surface area contributed by atoms with Crippen LogP contribution >= 0.6 is 11.6 Å². The van der Waals surface area contributed by atoms with E-state index in [-0.39, 0.29) is 16.1 Å². The van der Waals surface area contributed by atoms with Crippen molar-refractivity contribution in [1.82, 2.24) is 9.97 Å². The minimum atomic E-state index is -1.03. The number of carbonyl (C=O) groups is 1. The van der Waals surface area contributed by atoms with E-state index in [4.69, 9.17) is 16.7 Å². The van der Waals surface area contributed by atoms with E-state index < -0.39 is 11.8 Å². The second kappa shape index (κ2) is 4.61. The molecule has 0 atom stereocenters. The highest BCUT2D eigenvalue weighted by Crippen LogP contribution is 2.27. The molecule has 3 aromatic rings. The molecule has 0 saturated carbocycles. The summed E-state index contributed by atoms with van der Waals surface area (Å²) in [6, 6.07) is 9.10. The van der Waals surface area contributed by atoms with Gasteiger partial charge in [0.1, 0.15) is 5.82 Å². The fraction of sp³-hybridized carbons (Fsp3) is 0. The number of nitrogens with zero attached hydrogens (tertiary/aromatic N) is 1. The second-order valence-corrected chi connectivity index (χ2v) is 4.63. The van der Waals surface area contributed by atoms with Gasteiger partial charge in [-0.3, -0.25) is 0 Å². The summed E-state index contributed by atoms with van der Waals surface area (Å²) in [5.41, 5.74) is 1.47. The van der Waals surface area contributed by atoms with Gasteiger partial charge in [0.25, 0.3) is 0 Å². The number of aromatic amines is 1. The summed E-state index contributed by atoms with van der Waals surface area (Å²) in [5, 5.41) is 8.95. The lowest BCUT2D eigenvalue weighted by molar-refractivity contribution is 0.0697. The topological polar surface area (TPSA) is 66.0 Å². The Balaban J connectivity index is 2.18. The molecule has 1 heterocycles. The number of aromatic carboxylic acids is 1. The van der Waals surface area contributed by atoms with Gasteiger partial charge in [-0.05, 0) is 30.3 Å². The SMILES string of the molecule is O=C(O)c1ccc2nc(-c3cccc(Cl)c3F)[nH]c2c1. The number of benzene rings is 2. The third-order valence-electron chi connectivity index (χ3n) is 2.94. The number of rotatable bonds is 2. The van der Waals surface area contributed by atoms with Gasteiger partial charge < -0.3 is 10.1 Å². The minimum absolute atomic E-state index is 0.00850. The van der Waals surface area contributed by atoms with Gasteiger partial charge in [-0.25, -0.2) is 14.2 Å². The molecule has 0 aliphatic carbocycles. The van der Waals surface area contributed by atoms with Crippen molar-refractivity contribution in [3.8, 4) is 11.4 Å². The Hall–Kier alpha value is -2.40. The lowest BCUT2D eigenvalue weighted by atomic mass is 10.2. The van der Waals surface area contributed by atoms with Crippen LogP contribution in [0.5, 0.6) is 0 Å². The van der Waals surface area contributed by atoms with Crippen molar-refractivity contribution in [2.75, 3.05) is 0 Å². The number of H-pyrrole nitrogens is 1. The predicted molar refractivity (Wildman–Crippen MR) is 73.5 cm³/mol. The van der Waals surface area contributed by atoms with Crippen LogP contribution in [0.4, 0.5) is 4.39 Å². The number of carboxylic acids is 1. The van der Waals surface area contributed by atoms with Gasteiger partial charge in [-0.15, -0.1) is 0 Å². The zero-order chi connectivity index (χ0) is 14.3. The van der Waals surface area contributed by atoms with Crippen molar-refractivity contribution in [3.63, 3.8) is 0 Å². The Kier molecular flexibility index (Phi) is 2.91. The second-order valence-electron chi connectivity index (χ2n) is 4.22. The molecule has 1 aromatic heterocycles. The maximum Gasteiger partial charge on any atom is 0.335 e.